The van der Waals surface area contributed by atoms with Crippen LogP contribution in [-0.2, 0) is 65.4 Å². The summed E-state index contributed by atoms with van der Waals surface area (Å²) in [5.74, 6) is -0.625. The number of carbonyl (C=O) groups is 4. The molecule has 19 heteroatoms. The number of rotatable bonds is 68. The molecule has 0 aromatic rings. The molecule has 6 atom stereocenters. The lowest BCUT2D eigenvalue weighted by Crippen LogP contribution is -2.30. The Balaban J connectivity index is 5.14. The Morgan fingerprint density at radius 3 is 0.864 bits per heavy atom. The predicted octanol–water partition coefficient (Wildman–Crippen LogP) is 19.6. The van der Waals surface area contributed by atoms with E-state index < -0.39 is 97.5 Å². The fourth-order valence-corrected chi connectivity index (χ4v) is 12.0. The Bertz CT molecular complexity index is 1720. The molecule has 0 aromatic heterocycles. The molecule has 0 aromatic carbocycles. The summed E-state index contributed by atoms with van der Waals surface area (Å²) in [5, 5.41) is 10.5. The molecule has 0 fully saturated rings. The summed E-state index contributed by atoms with van der Waals surface area (Å²) in [6, 6.07) is 0. The van der Waals surface area contributed by atoms with Crippen LogP contribution >= 0.6 is 15.6 Å². The molecule has 0 amide bonds. The topological polar surface area (TPSA) is 237 Å². The molecule has 0 rings (SSSR count). The summed E-state index contributed by atoms with van der Waals surface area (Å²) < 4.78 is 68.0. The van der Waals surface area contributed by atoms with Gasteiger partial charge in [0.2, 0.25) is 0 Å². The minimum atomic E-state index is -4.95. The van der Waals surface area contributed by atoms with Gasteiger partial charge in [-0.1, -0.05) is 298 Å². The van der Waals surface area contributed by atoms with Gasteiger partial charge >= 0.3 is 39.5 Å². The van der Waals surface area contributed by atoms with Crippen molar-refractivity contribution in [1.82, 2.24) is 0 Å². The number of esters is 4. The summed E-state index contributed by atoms with van der Waals surface area (Å²) >= 11 is 0. The van der Waals surface area contributed by atoms with Crippen LogP contribution in [0.1, 0.15) is 350 Å². The number of hydrogen-bond acceptors (Lipinski definition) is 15. The van der Waals surface area contributed by atoms with Crippen LogP contribution < -0.4 is 0 Å². The van der Waals surface area contributed by atoms with E-state index in [4.69, 9.17) is 37.0 Å². The Hall–Kier alpha value is -1.94. The molecule has 0 saturated heterocycles. The van der Waals surface area contributed by atoms with Crippen LogP contribution in [-0.4, -0.2) is 96.7 Å². The maximum Gasteiger partial charge on any atom is 0.472 e. The van der Waals surface area contributed by atoms with Gasteiger partial charge in [0.05, 0.1) is 26.4 Å². The normalized spacial score (nSPS) is 14.5. The Kier molecular flexibility index (Phi) is 59.9. The first-order chi connectivity index (χ1) is 42.4. The van der Waals surface area contributed by atoms with Gasteiger partial charge in [0.25, 0.3) is 0 Å². The summed E-state index contributed by atoms with van der Waals surface area (Å²) in [6.07, 6.45) is 46.3. The zero-order chi connectivity index (χ0) is 65.0. The van der Waals surface area contributed by atoms with Gasteiger partial charge in [-0.05, 0) is 37.5 Å². The zero-order valence-corrected chi connectivity index (χ0v) is 58.8. The summed E-state index contributed by atoms with van der Waals surface area (Å²) in [6.45, 7) is 9.43. The van der Waals surface area contributed by atoms with E-state index in [9.17, 15) is 43.2 Å². The average molecular weight is 1300 g/mol. The number of hydrogen-bond donors (Lipinski definition) is 3. The Morgan fingerprint density at radius 1 is 0.330 bits per heavy atom. The number of ether oxygens (including phenoxy) is 4. The van der Waals surface area contributed by atoms with E-state index in [-0.39, 0.29) is 25.7 Å². The first kappa shape index (κ1) is 86.1. The van der Waals surface area contributed by atoms with Gasteiger partial charge in [-0.25, -0.2) is 9.13 Å². The maximum atomic E-state index is 13.0. The Labute approximate surface area is 537 Å². The van der Waals surface area contributed by atoms with Crippen molar-refractivity contribution in [3.63, 3.8) is 0 Å². The first-order valence-corrected chi connectivity index (χ1v) is 39.0. The van der Waals surface area contributed by atoms with Gasteiger partial charge in [0.15, 0.2) is 12.2 Å². The highest BCUT2D eigenvalue weighted by atomic mass is 31.2. The minimum Gasteiger partial charge on any atom is -0.462 e. The summed E-state index contributed by atoms with van der Waals surface area (Å²) in [7, 11) is -9.89. The van der Waals surface area contributed by atoms with Crippen molar-refractivity contribution in [2.24, 2.45) is 11.8 Å². The molecular formula is C69H134O17P2. The van der Waals surface area contributed by atoms with Crippen molar-refractivity contribution >= 4 is 39.5 Å². The van der Waals surface area contributed by atoms with Crippen molar-refractivity contribution in [3.05, 3.63) is 0 Å². The highest BCUT2D eigenvalue weighted by molar-refractivity contribution is 7.47. The molecule has 88 heavy (non-hydrogen) atoms. The number of phosphoric ester groups is 2. The fraction of sp³-hybridized carbons (Fsp3) is 0.942. The SMILES string of the molecule is CCCCCCCCCCCCCCCCCCCCCC(=O)O[C@H](COC(=O)CCCCCCCCCCCC(C)C)COP(=O)(O)OC[C@@H](O)COP(=O)(O)OC[C@@H](COC(=O)CCCCCCC)OC(=O)CCCCCCCCCCC(C)CC. The number of aliphatic hydroxyl groups excluding tert-OH is 1. The standard InChI is InChI=1S/C69H134O17P2/c1-7-10-12-14-15-16-17-18-19-20-21-22-23-24-25-28-35-41-47-53-68(73)86-65(58-80-67(72)52-46-40-34-29-26-27-32-38-43-49-61(4)5)60-84-88(77,78)82-56-63(70)55-81-87(75,76)83-59-64(57-79-66(71)51-45-37-13-11-8-2)85-69(74)54-48-42-36-31-30-33-39-44-50-62(6)9-3/h61-65,70H,7-60H2,1-6H3,(H,75,76)(H,77,78)/t62?,63-,64+,65+/m0/s1. The molecule has 3 unspecified atom stereocenters. The lowest BCUT2D eigenvalue weighted by molar-refractivity contribution is -0.161. The number of aliphatic hydroxyl groups is 1. The van der Waals surface area contributed by atoms with Crippen molar-refractivity contribution in [2.45, 2.75) is 368 Å². The quantitative estimate of drug-likeness (QED) is 0.0222. The van der Waals surface area contributed by atoms with Gasteiger partial charge in [-0.2, -0.15) is 0 Å². The smallest absolute Gasteiger partial charge is 0.462 e. The van der Waals surface area contributed by atoms with Gasteiger partial charge < -0.3 is 33.8 Å². The second-order valence-corrected chi connectivity index (χ2v) is 28.5. The van der Waals surface area contributed by atoms with Crippen molar-refractivity contribution in [2.75, 3.05) is 39.6 Å². The molecule has 0 saturated carbocycles. The Morgan fingerprint density at radius 2 is 0.580 bits per heavy atom. The molecule has 0 radical (unpaired) electrons. The maximum absolute atomic E-state index is 13.0. The summed E-state index contributed by atoms with van der Waals surface area (Å²) in [5.41, 5.74) is 0. The third-order valence-corrected chi connectivity index (χ3v) is 18.2. The van der Waals surface area contributed by atoms with E-state index in [1.165, 1.54) is 161 Å². The van der Waals surface area contributed by atoms with Crippen LogP contribution in [0.3, 0.4) is 0 Å². The second-order valence-electron chi connectivity index (χ2n) is 25.6. The monoisotopic (exact) mass is 1300 g/mol. The van der Waals surface area contributed by atoms with Crippen LogP contribution in [0, 0.1) is 11.8 Å². The van der Waals surface area contributed by atoms with Gasteiger partial charge in [0.1, 0.15) is 19.3 Å². The lowest BCUT2D eigenvalue weighted by atomic mass is 9.99. The number of carbonyl (C=O) groups excluding carboxylic acids is 4. The lowest BCUT2D eigenvalue weighted by Gasteiger charge is -2.21. The molecule has 0 heterocycles. The predicted molar refractivity (Wildman–Crippen MR) is 354 cm³/mol. The third-order valence-electron chi connectivity index (χ3n) is 16.3. The van der Waals surface area contributed by atoms with Crippen LogP contribution in [0.5, 0.6) is 0 Å². The highest BCUT2D eigenvalue weighted by Crippen LogP contribution is 2.45. The van der Waals surface area contributed by atoms with Gasteiger partial charge in [-0.3, -0.25) is 37.3 Å². The average Bonchev–Trinajstić information content (AvgIpc) is 3.62. The molecule has 3 N–H and O–H groups in total. The molecule has 0 aliphatic heterocycles. The van der Waals surface area contributed by atoms with Crippen molar-refractivity contribution in [1.29, 1.82) is 0 Å². The van der Waals surface area contributed by atoms with E-state index in [0.29, 0.717) is 25.7 Å². The van der Waals surface area contributed by atoms with Crippen molar-refractivity contribution < 1.29 is 80.2 Å². The molecular weight excluding hydrogens is 1160 g/mol. The van der Waals surface area contributed by atoms with E-state index >= 15 is 0 Å². The van der Waals surface area contributed by atoms with Crippen LogP contribution in [0.2, 0.25) is 0 Å². The minimum absolute atomic E-state index is 0.104. The molecule has 0 aliphatic rings. The number of phosphoric acid groups is 2. The van der Waals surface area contributed by atoms with Crippen LogP contribution in [0.4, 0.5) is 0 Å². The van der Waals surface area contributed by atoms with E-state index in [1.54, 1.807) is 0 Å². The van der Waals surface area contributed by atoms with E-state index in [1.807, 2.05) is 0 Å². The molecule has 0 bridgehead atoms. The third kappa shape index (κ3) is 61.6. The molecule has 522 valence electrons. The van der Waals surface area contributed by atoms with Gasteiger partial charge in [-0.15, -0.1) is 0 Å². The number of unbranched alkanes of at least 4 members (excludes halogenated alkanes) is 37. The van der Waals surface area contributed by atoms with E-state index in [0.717, 1.165) is 108 Å². The van der Waals surface area contributed by atoms with Crippen LogP contribution in [0.15, 0.2) is 0 Å². The highest BCUT2D eigenvalue weighted by Gasteiger charge is 2.30. The zero-order valence-electron chi connectivity index (χ0n) is 57.0. The van der Waals surface area contributed by atoms with Crippen molar-refractivity contribution in [3.8, 4) is 0 Å². The first-order valence-electron chi connectivity index (χ1n) is 36.0. The molecule has 17 nitrogen and oxygen atoms in total. The molecule has 0 spiro atoms. The van der Waals surface area contributed by atoms with Crippen LogP contribution in [0.25, 0.3) is 0 Å². The fourth-order valence-electron chi connectivity index (χ4n) is 10.4. The van der Waals surface area contributed by atoms with E-state index in [2.05, 4.69) is 41.5 Å². The van der Waals surface area contributed by atoms with Gasteiger partial charge in [0, 0.05) is 25.7 Å². The largest absolute Gasteiger partial charge is 0.472 e. The molecule has 0 aliphatic carbocycles. The second kappa shape index (κ2) is 61.3. The summed E-state index contributed by atoms with van der Waals surface area (Å²) in [4.78, 5) is 72.2.